The van der Waals surface area contributed by atoms with Gasteiger partial charge in [0.05, 0.1) is 11.2 Å². The lowest BCUT2D eigenvalue weighted by molar-refractivity contribution is 0.102. The van der Waals surface area contributed by atoms with Crippen LogP contribution in [-0.2, 0) is 0 Å². The number of carbonyl (C=O) groups is 1. The average Bonchev–Trinajstić information content (AvgIpc) is 3.23. The third kappa shape index (κ3) is 4.28. The van der Waals surface area contributed by atoms with Gasteiger partial charge in [-0.25, -0.2) is 0 Å². The van der Waals surface area contributed by atoms with E-state index in [0.717, 1.165) is 37.4 Å². The van der Waals surface area contributed by atoms with Crippen LogP contribution in [0.2, 0.25) is 0 Å². The lowest BCUT2D eigenvalue weighted by Crippen LogP contribution is -2.44. The molecule has 0 unspecified atom stereocenters. The summed E-state index contributed by atoms with van der Waals surface area (Å²) < 4.78 is 0. The molecule has 1 fully saturated rings. The highest BCUT2D eigenvalue weighted by Crippen LogP contribution is 2.24. The van der Waals surface area contributed by atoms with Crippen molar-refractivity contribution >= 4 is 39.8 Å². The van der Waals surface area contributed by atoms with Crippen molar-refractivity contribution in [1.29, 1.82) is 0 Å². The van der Waals surface area contributed by atoms with Crippen LogP contribution in [0.1, 0.15) is 10.4 Å². The van der Waals surface area contributed by atoms with Gasteiger partial charge in [0.1, 0.15) is 11.1 Å². The first-order valence-electron chi connectivity index (χ1n) is 10.7. The zero-order chi connectivity index (χ0) is 22.8. The Balaban J connectivity index is 1.35. The summed E-state index contributed by atoms with van der Waals surface area (Å²) in [6, 6.07) is 12.9. The number of fused-ring (bicyclic) bond motifs is 1. The fourth-order valence-electron chi connectivity index (χ4n) is 3.89. The standard InChI is InChI=1S/C23H24N8O2/c1-30-11-13-31(14-12-30)16-6-4-15(5-7-16)26-23(33)19-17(8-10-25-22(19)32)27-21-20-18(28-29-21)3-2-9-24-20/h2-10H,11-14H2,1H3,(H,26,33)(H3,25,27,28,29,32). The molecular weight excluding hydrogens is 420 g/mol. The van der Waals surface area contributed by atoms with Crippen molar-refractivity contribution in [3.63, 3.8) is 0 Å². The van der Waals surface area contributed by atoms with E-state index in [2.05, 4.69) is 47.6 Å². The summed E-state index contributed by atoms with van der Waals surface area (Å²) >= 11 is 0. The first-order valence-corrected chi connectivity index (χ1v) is 10.7. The van der Waals surface area contributed by atoms with Gasteiger partial charge in [0, 0.05) is 49.9 Å². The van der Waals surface area contributed by atoms with Crippen molar-refractivity contribution in [2.24, 2.45) is 0 Å². The quantitative estimate of drug-likeness (QED) is 0.373. The average molecular weight is 444 g/mol. The van der Waals surface area contributed by atoms with E-state index in [4.69, 9.17) is 0 Å². The molecule has 1 aromatic carbocycles. The molecule has 0 bridgehead atoms. The van der Waals surface area contributed by atoms with Crippen LogP contribution in [0, 0.1) is 0 Å². The van der Waals surface area contributed by atoms with Gasteiger partial charge >= 0.3 is 0 Å². The Morgan fingerprint density at radius 3 is 2.64 bits per heavy atom. The fourth-order valence-corrected chi connectivity index (χ4v) is 3.89. The van der Waals surface area contributed by atoms with Crippen molar-refractivity contribution in [1.82, 2.24) is 25.1 Å². The van der Waals surface area contributed by atoms with Crippen molar-refractivity contribution in [2.75, 3.05) is 48.8 Å². The number of carbonyl (C=O) groups excluding carboxylic acids is 1. The van der Waals surface area contributed by atoms with Gasteiger partial charge in [-0.05, 0) is 49.5 Å². The molecular formula is C23H24N8O2. The van der Waals surface area contributed by atoms with Gasteiger partial charge in [-0.3, -0.25) is 19.7 Å². The molecule has 1 saturated heterocycles. The molecule has 4 heterocycles. The monoisotopic (exact) mass is 444 g/mol. The molecule has 1 aliphatic heterocycles. The number of nitrogens with zero attached hydrogens (tertiary/aromatic N) is 4. The number of hydrogen-bond acceptors (Lipinski definition) is 7. The number of H-pyrrole nitrogens is 2. The second-order valence-electron chi connectivity index (χ2n) is 7.98. The maximum absolute atomic E-state index is 13.0. The Labute approximate surface area is 189 Å². The van der Waals surface area contributed by atoms with Crippen LogP contribution in [0.5, 0.6) is 0 Å². The molecule has 3 aromatic heterocycles. The van der Waals surface area contributed by atoms with Gasteiger partial charge in [-0.15, -0.1) is 0 Å². The van der Waals surface area contributed by atoms with E-state index in [1.165, 1.54) is 6.20 Å². The van der Waals surface area contributed by atoms with Crippen molar-refractivity contribution in [3.05, 3.63) is 70.8 Å². The molecule has 0 atom stereocenters. The van der Waals surface area contributed by atoms with Gasteiger partial charge in [-0.2, -0.15) is 5.10 Å². The normalized spacial score (nSPS) is 14.4. The third-order valence-electron chi connectivity index (χ3n) is 5.75. The molecule has 0 spiro atoms. The van der Waals surface area contributed by atoms with E-state index in [-0.39, 0.29) is 5.56 Å². The fraction of sp³-hybridized carbons (Fsp3) is 0.217. The largest absolute Gasteiger partial charge is 0.369 e. The predicted molar refractivity (Wildman–Crippen MR) is 128 cm³/mol. The van der Waals surface area contributed by atoms with E-state index < -0.39 is 11.5 Å². The van der Waals surface area contributed by atoms with Gasteiger partial charge in [0.25, 0.3) is 11.5 Å². The SMILES string of the molecule is CN1CCN(c2ccc(NC(=O)c3c(Nc4n[nH]c5cccnc45)cc[nH]c3=O)cc2)CC1. The molecule has 0 aliphatic carbocycles. The first kappa shape index (κ1) is 20.7. The van der Waals surface area contributed by atoms with Gasteiger partial charge < -0.3 is 25.4 Å². The second kappa shape index (κ2) is 8.75. The minimum atomic E-state index is -0.514. The van der Waals surface area contributed by atoms with Gasteiger partial charge in [0.15, 0.2) is 5.82 Å². The van der Waals surface area contributed by atoms with E-state index in [0.29, 0.717) is 22.7 Å². The van der Waals surface area contributed by atoms with E-state index in [1.807, 2.05) is 30.3 Å². The Morgan fingerprint density at radius 1 is 1.06 bits per heavy atom. The first-order chi connectivity index (χ1) is 16.1. The summed E-state index contributed by atoms with van der Waals surface area (Å²) in [7, 11) is 2.12. The minimum absolute atomic E-state index is 0.0345. The molecule has 5 rings (SSSR count). The Bertz CT molecular complexity index is 1340. The zero-order valence-electron chi connectivity index (χ0n) is 18.1. The molecule has 1 amide bonds. The van der Waals surface area contributed by atoms with Crippen LogP contribution in [0.3, 0.4) is 0 Å². The number of rotatable bonds is 5. The van der Waals surface area contributed by atoms with Crippen LogP contribution in [0.15, 0.2) is 59.7 Å². The molecule has 4 N–H and O–H groups in total. The summed E-state index contributed by atoms with van der Waals surface area (Å²) in [5.41, 5.74) is 2.88. The maximum atomic E-state index is 13.0. The second-order valence-corrected chi connectivity index (χ2v) is 7.98. The molecule has 1 aliphatic rings. The topological polar surface area (TPSA) is 122 Å². The maximum Gasteiger partial charge on any atom is 0.263 e. The minimum Gasteiger partial charge on any atom is -0.369 e. The number of nitrogens with one attached hydrogen (secondary N) is 4. The molecule has 33 heavy (non-hydrogen) atoms. The molecule has 10 nitrogen and oxygen atoms in total. The summed E-state index contributed by atoms with van der Waals surface area (Å²) in [4.78, 5) is 37.1. The lowest BCUT2D eigenvalue weighted by atomic mass is 10.2. The van der Waals surface area contributed by atoms with Crippen LogP contribution in [-0.4, -0.2) is 64.2 Å². The Hall–Kier alpha value is -4.18. The molecule has 0 radical (unpaired) electrons. The van der Waals surface area contributed by atoms with E-state index in [1.54, 1.807) is 18.3 Å². The van der Waals surface area contributed by atoms with Crippen molar-refractivity contribution in [2.45, 2.75) is 0 Å². The number of hydrogen-bond donors (Lipinski definition) is 4. The number of piperazine rings is 1. The third-order valence-corrected chi connectivity index (χ3v) is 5.75. The van der Waals surface area contributed by atoms with Crippen molar-refractivity contribution < 1.29 is 4.79 Å². The van der Waals surface area contributed by atoms with Crippen LogP contribution < -0.4 is 21.1 Å². The van der Waals surface area contributed by atoms with Crippen LogP contribution in [0.4, 0.5) is 22.9 Å². The van der Waals surface area contributed by atoms with Gasteiger partial charge in [-0.1, -0.05) is 0 Å². The predicted octanol–water partition coefficient (Wildman–Crippen LogP) is 2.39. The van der Waals surface area contributed by atoms with Crippen LogP contribution in [0.25, 0.3) is 11.0 Å². The molecule has 4 aromatic rings. The Kier molecular flexibility index (Phi) is 5.49. The molecule has 0 saturated carbocycles. The number of aromatic nitrogens is 4. The molecule has 168 valence electrons. The highest BCUT2D eigenvalue weighted by atomic mass is 16.2. The van der Waals surface area contributed by atoms with E-state index >= 15 is 0 Å². The zero-order valence-corrected chi connectivity index (χ0v) is 18.1. The number of benzene rings is 1. The highest BCUT2D eigenvalue weighted by molar-refractivity contribution is 6.08. The Morgan fingerprint density at radius 2 is 1.85 bits per heavy atom. The lowest BCUT2D eigenvalue weighted by Gasteiger charge is -2.34. The number of amides is 1. The number of likely N-dealkylation sites (N-methyl/N-ethyl adjacent to an activating group) is 1. The van der Waals surface area contributed by atoms with Crippen molar-refractivity contribution in [3.8, 4) is 0 Å². The summed E-state index contributed by atoms with van der Waals surface area (Å²) in [6.07, 6.45) is 3.13. The molecule has 10 heteroatoms. The number of pyridine rings is 2. The summed E-state index contributed by atoms with van der Waals surface area (Å²) in [5.74, 6) is -0.0822. The highest BCUT2D eigenvalue weighted by Gasteiger charge is 2.19. The van der Waals surface area contributed by atoms with E-state index in [9.17, 15) is 9.59 Å². The summed E-state index contributed by atoms with van der Waals surface area (Å²) in [5, 5.41) is 13.0. The summed E-state index contributed by atoms with van der Waals surface area (Å²) in [6.45, 7) is 3.97. The van der Waals surface area contributed by atoms with Crippen LogP contribution >= 0.6 is 0 Å². The van der Waals surface area contributed by atoms with Gasteiger partial charge in [0.2, 0.25) is 0 Å². The number of anilines is 4. The number of aromatic amines is 2. The smallest absolute Gasteiger partial charge is 0.263 e.